The van der Waals surface area contributed by atoms with Crippen molar-refractivity contribution in [2.45, 2.75) is 51.1 Å². The van der Waals surface area contributed by atoms with Crippen molar-refractivity contribution in [1.29, 1.82) is 0 Å². The van der Waals surface area contributed by atoms with Gasteiger partial charge in [0.25, 0.3) is 0 Å². The minimum Gasteiger partial charge on any atom is -0.379 e. The highest BCUT2D eigenvalue weighted by atomic mass is 16.5. The van der Waals surface area contributed by atoms with E-state index in [2.05, 4.69) is 38.9 Å². The van der Waals surface area contributed by atoms with Gasteiger partial charge >= 0.3 is 0 Å². The smallest absolute Gasteiger partial charge is 0.193 e. The number of ether oxygens (including phenoxy) is 1. The molecule has 1 atom stereocenters. The molecule has 144 valence electrons. The van der Waals surface area contributed by atoms with Gasteiger partial charge in [-0.15, -0.1) is 0 Å². The second-order valence-electron chi connectivity index (χ2n) is 8.30. The summed E-state index contributed by atoms with van der Waals surface area (Å²) in [5.41, 5.74) is 0.180. The number of rotatable bonds is 4. The van der Waals surface area contributed by atoms with E-state index in [1.165, 1.54) is 38.8 Å². The quantitative estimate of drug-likeness (QED) is 0.610. The number of nitrogens with zero attached hydrogens (tertiary/aromatic N) is 4. The molecule has 3 aliphatic heterocycles. The molecule has 0 amide bonds. The van der Waals surface area contributed by atoms with Crippen molar-refractivity contribution in [3.8, 4) is 0 Å². The molecule has 0 radical (unpaired) electrons. The summed E-state index contributed by atoms with van der Waals surface area (Å²) in [7, 11) is 1.91. The van der Waals surface area contributed by atoms with Crippen LogP contribution in [0, 0.1) is 0 Å². The van der Waals surface area contributed by atoms with Crippen LogP contribution in [0.3, 0.4) is 0 Å². The second kappa shape index (κ2) is 8.69. The maximum Gasteiger partial charge on any atom is 0.193 e. The van der Waals surface area contributed by atoms with E-state index < -0.39 is 0 Å². The summed E-state index contributed by atoms with van der Waals surface area (Å²) in [6, 6.07) is 0.651. The molecule has 6 nitrogen and oxygen atoms in total. The minimum atomic E-state index is 0.180. The van der Waals surface area contributed by atoms with Crippen LogP contribution in [0.25, 0.3) is 0 Å². The van der Waals surface area contributed by atoms with Gasteiger partial charge < -0.3 is 15.0 Å². The molecule has 0 aromatic carbocycles. The topological polar surface area (TPSA) is 43.3 Å². The van der Waals surface area contributed by atoms with E-state index in [-0.39, 0.29) is 5.54 Å². The van der Waals surface area contributed by atoms with Crippen LogP contribution in [0.4, 0.5) is 0 Å². The van der Waals surface area contributed by atoms with Crippen molar-refractivity contribution in [2.24, 2.45) is 4.99 Å². The van der Waals surface area contributed by atoms with Crippen LogP contribution < -0.4 is 5.32 Å². The molecular formula is C19H37N5O. The average molecular weight is 352 g/mol. The van der Waals surface area contributed by atoms with E-state index in [9.17, 15) is 0 Å². The van der Waals surface area contributed by atoms with Gasteiger partial charge in [-0.2, -0.15) is 0 Å². The molecule has 3 rings (SSSR count). The predicted molar refractivity (Wildman–Crippen MR) is 103 cm³/mol. The van der Waals surface area contributed by atoms with Crippen LogP contribution in [0.5, 0.6) is 0 Å². The first-order chi connectivity index (χ1) is 12.1. The van der Waals surface area contributed by atoms with E-state index in [4.69, 9.17) is 4.74 Å². The Labute approximate surface area is 153 Å². The van der Waals surface area contributed by atoms with E-state index in [0.29, 0.717) is 6.04 Å². The van der Waals surface area contributed by atoms with Crippen LogP contribution in [-0.2, 0) is 4.74 Å². The summed E-state index contributed by atoms with van der Waals surface area (Å²) < 4.78 is 5.49. The molecular weight excluding hydrogens is 314 g/mol. The van der Waals surface area contributed by atoms with Crippen LogP contribution in [0.2, 0.25) is 0 Å². The minimum absolute atomic E-state index is 0.180. The fourth-order valence-corrected chi connectivity index (χ4v) is 4.41. The summed E-state index contributed by atoms with van der Waals surface area (Å²) in [6.45, 7) is 14.2. The lowest BCUT2D eigenvalue weighted by atomic mass is 9.98. The molecule has 0 bridgehead atoms. The van der Waals surface area contributed by atoms with Gasteiger partial charge in [0.05, 0.1) is 13.2 Å². The highest BCUT2D eigenvalue weighted by Gasteiger charge is 2.32. The van der Waals surface area contributed by atoms with Gasteiger partial charge in [0.15, 0.2) is 5.96 Å². The highest BCUT2D eigenvalue weighted by molar-refractivity contribution is 5.80. The zero-order chi connectivity index (χ0) is 17.7. The van der Waals surface area contributed by atoms with Crippen LogP contribution in [0.1, 0.15) is 39.5 Å². The number of aliphatic imine (C=N–C) groups is 1. The SMILES string of the molecule is CN=C(NCC(C)(C)N1CCCCC1)N1CCC(N2CCOCC2)C1. The van der Waals surface area contributed by atoms with Gasteiger partial charge in [-0.1, -0.05) is 6.42 Å². The molecule has 3 heterocycles. The van der Waals surface area contributed by atoms with Crippen molar-refractivity contribution in [3.63, 3.8) is 0 Å². The molecule has 0 spiro atoms. The average Bonchev–Trinajstić information content (AvgIpc) is 3.14. The van der Waals surface area contributed by atoms with Crippen molar-refractivity contribution < 1.29 is 4.74 Å². The van der Waals surface area contributed by atoms with Gasteiger partial charge in [-0.05, 0) is 46.2 Å². The van der Waals surface area contributed by atoms with Crippen molar-refractivity contribution >= 4 is 5.96 Å². The summed E-state index contributed by atoms with van der Waals surface area (Å²) in [6.07, 6.45) is 5.30. The maximum atomic E-state index is 5.49. The van der Waals surface area contributed by atoms with E-state index in [1.807, 2.05) is 7.05 Å². The fraction of sp³-hybridized carbons (Fsp3) is 0.947. The van der Waals surface area contributed by atoms with Crippen LogP contribution >= 0.6 is 0 Å². The van der Waals surface area contributed by atoms with E-state index in [1.54, 1.807) is 0 Å². The van der Waals surface area contributed by atoms with Gasteiger partial charge in [0, 0.05) is 51.4 Å². The third-order valence-corrected chi connectivity index (χ3v) is 6.13. The molecule has 0 aromatic heterocycles. The summed E-state index contributed by atoms with van der Waals surface area (Å²) in [4.78, 5) is 12.2. The molecule has 25 heavy (non-hydrogen) atoms. The predicted octanol–water partition coefficient (Wildman–Crippen LogP) is 1.23. The first kappa shape index (κ1) is 18.9. The second-order valence-corrected chi connectivity index (χ2v) is 8.30. The van der Waals surface area contributed by atoms with E-state index >= 15 is 0 Å². The number of piperidine rings is 1. The van der Waals surface area contributed by atoms with Gasteiger partial charge in [-0.3, -0.25) is 14.8 Å². The van der Waals surface area contributed by atoms with Gasteiger partial charge in [-0.25, -0.2) is 0 Å². The van der Waals surface area contributed by atoms with E-state index in [0.717, 1.165) is 51.9 Å². The first-order valence-electron chi connectivity index (χ1n) is 10.1. The molecule has 3 aliphatic rings. The molecule has 0 saturated carbocycles. The molecule has 6 heteroatoms. The zero-order valence-electron chi connectivity index (χ0n) is 16.5. The number of morpholine rings is 1. The Morgan fingerprint density at radius 3 is 2.48 bits per heavy atom. The Hall–Kier alpha value is -0.850. The Kier molecular flexibility index (Phi) is 6.58. The van der Waals surface area contributed by atoms with Gasteiger partial charge in [0.1, 0.15) is 0 Å². The molecule has 0 aromatic rings. The Balaban J connectivity index is 1.49. The maximum absolute atomic E-state index is 5.49. The summed E-state index contributed by atoms with van der Waals surface area (Å²) >= 11 is 0. The van der Waals surface area contributed by atoms with Crippen molar-refractivity contribution in [2.75, 3.05) is 66.1 Å². The normalized spacial score (nSPS) is 27.7. The van der Waals surface area contributed by atoms with Crippen molar-refractivity contribution in [3.05, 3.63) is 0 Å². The number of hydrogen-bond acceptors (Lipinski definition) is 4. The lowest BCUT2D eigenvalue weighted by Crippen LogP contribution is -2.55. The molecule has 3 saturated heterocycles. The number of hydrogen-bond donors (Lipinski definition) is 1. The fourth-order valence-electron chi connectivity index (χ4n) is 4.41. The Morgan fingerprint density at radius 1 is 1.08 bits per heavy atom. The lowest BCUT2D eigenvalue weighted by molar-refractivity contribution is 0.0194. The Morgan fingerprint density at radius 2 is 1.80 bits per heavy atom. The molecule has 1 unspecified atom stereocenters. The third kappa shape index (κ3) is 4.86. The largest absolute Gasteiger partial charge is 0.379 e. The zero-order valence-corrected chi connectivity index (χ0v) is 16.5. The highest BCUT2D eigenvalue weighted by Crippen LogP contribution is 2.21. The van der Waals surface area contributed by atoms with Crippen molar-refractivity contribution in [1.82, 2.24) is 20.0 Å². The summed E-state index contributed by atoms with van der Waals surface area (Å²) in [5, 5.41) is 3.66. The Bertz CT molecular complexity index is 441. The standard InChI is InChI=1S/C19H37N5O/c1-19(2,24-8-5-4-6-9-24)16-21-18(20-3)23-10-7-17(15-23)22-11-13-25-14-12-22/h17H,4-16H2,1-3H3,(H,20,21). The number of nitrogens with one attached hydrogen (secondary N) is 1. The lowest BCUT2D eigenvalue weighted by Gasteiger charge is -2.41. The monoisotopic (exact) mass is 351 g/mol. The van der Waals surface area contributed by atoms with Gasteiger partial charge in [0.2, 0.25) is 0 Å². The molecule has 0 aliphatic carbocycles. The molecule has 1 N–H and O–H groups in total. The number of likely N-dealkylation sites (tertiary alicyclic amines) is 2. The first-order valence-corrected chi connectivity index (χ1v) is 10.1. The molecule has 3 fully saturated rings. The van der Waals surface area contributed by atoms with Crippen LogP contribution in [-0.4, -0.2) is 98.3 Å². The van der Waals surface area contributed by atoms with Crippen LogP contribution in [0.15, 0.2) is 4.99 Å². The third-order valence-electron chi connectivity index (χ3n) is 6.13. The summed E-state index contributed by atoms with van der Waals surface area (Å²) in [5.74, 6) is 1.07. The number of guanidine groups is 1.